The summed E-state index contributed by atoms with van der Waals surface area (Å²) in [5.74, 6) is -0.990. The van der Waals surface area contributed by atoms with Crippen molar-refractivity contribution in [2.45, 2.75) is 32.9 Å². The summed E-state index contributed by atoms with van der Waals surface area (Å²) in [5, 5.41) is 20.1. The van der Waals surface area contributed by atoms with E-state index in [0.717, 1.165) is 30.5 Å². The first-order valence-electron chi connectivity index (χ1n) is 9.98. The Labute approximate surface area is 187 Å². The van der Waals surface area contributed by atoms with Gasteiger partial charge in [0.15, 0.2) is 5.82 Å². The molecule has 0 aliphatic rings. The molecular weight excluding hydrogens is 436 g/mol. The molecule has 6 nitrogen and oxygen atoms in total. The Hall–Kier alpha value is -4.00. The number of nitrogens with two attached hydrogens (primary N) is 1. The molecular formula is C23H20F4N6. The van der Waals surface area contributed by atoms with E-state index in [1.54, 1.807) is 0 Å². The number of hydrogen-bond donors (Lipinski definition) is 2. The number of aromatic nitrogens is 1. The molecule has 0 saturated heterocycles. The molecule has 3 aromatic rings. The molecule has 0 spiro atoms. The zero-order chi connectivity index (χ0) is 24.2. The van der Waals surface area contributed by atoms with Crippen LogP contribution in [0.5, 0.6) is 0 Å². The average molecular weight is 456 g/mol. The Morgan fingerprint density at radius 1 is 1.12 bits per heavy atom. The third kappa shape index (κ3) is 5.44. The van der Waals surface area contributed by atoms with E-state index < -0.39 is 23.2 Å². The Kier molecular flexibility index (Phi) is 6.92. The van der Waals surface area contributed by atoms with Gasteiger partial charge >= 0.3 is 6.18 Å². The van der Waals surface area contributed by atoms with Crippen LogP contribution >= 0.6 is 0 Å². The van der Waals surface area contributed by atoms with Gasteiger partial charge in [-0.15, -0.1) is 10.2 Å². The van der Waals surface area contributed by atoms with Crippen LogP contribution in [0.3, 0.4) is 0 Å². The van der Waals surface area contributed by atoms with Crippen LogP contribution in [-0.2, 0) is 12.6 Å². The van der Waals surface area contributed by atoms with Crippen LogP contribution in [0.2, 0.25) is 0 Å². The summed E-state index contributed by atoms with van der Waals surface area (Å²) in [6, 6.07) is 11.5. The van der Waals surface area contributed by atoms with E-state index in [0.29, 0.717) is 11.8 Å². The van der Waals surface area contributed by atoms with E-state index in [9.17, 15) is 22.8 Å². The van der Waals surface area contributed by atoms with Gasteiger partial charge in [-0.25, -0.2) is 9.37 Å². The molecule has 0 amide bonds. The molecule has 0 saturated carbocycles. The second-order valence-corrected chi connectivity index (χ2v) is 7.24. The van der Waals surface area contributed by atoms with E-state index >= 15 is 0 Å². The van der Waals surface area contributed by atoms with E-state index in [-0.39, 0.29) is 28.5 Å². The number of hydrogen-bond acceptors (Lipinski definition) is 6. The number of nitrogens with one attached hydrogen (secondary N) is 1. The molecule has 0 unspecified atom stereocenters. The summed E-state index contributed by atoms with van der Waals surface area (Å²) in [5.41, 5.74) is 6.18. The summed E-state index contributed by atoms with van der Waals surface area (Å²) >= 11 is 0. The zero-order valence-corrected chi connectivity index (χ0v) is 17.8. The number of aryl methyl sites for hydroxylation is 1. The summed E-state index contributed by atoms with van der Waals surface area (Å²) < 4.78 is 53.3. The Balaban J connectivity index is 2.07. The van der Waals surface area contributed by atoms with Crippen molar-refractivity contribution in [1.29, 1.82) is 5.26 Å². The number of rotatable bonds is 6. The maximum absolute atomic E-state index is 13.4. The molecule has 2 aromatic carbocycles. The summed E-state index contributed by atoms with van der Waals surface area (Å²) in [4.78, 5) is 4.16. The molecule has 0 bridgehead atoms. The minimum absolute atomic E-state index is 0.0305. The number of azo groups is 1. The van der Waals surface area contributed by atoms with Crippen LogP contribution in [0.15, 0.2) is 52.7 Å². The van der Waals surface area contributed by atoms with Crippen LogP contribution < -0.4 is 11.1 Å². The third-order valence-electron chi connectivity index (χ3n) is 4.83. The molecule has 3 N–H and O–H groups in total. The first-order chi connectivity index (χ1) is 15.6. The van der Waals surface area contributed by atoms with Crippen LogP contribution in [0.4, 0.5) is 46.3 Å². The average Bonchev–Trinajstić information content (AvgIpc) is 2.75. The van der Waals surface area contributed by atoms with Gasteiger partial charge in [-0.1, -0.05) is 25.5 Å². The Morgan fingerprint density at radius 2 is 1.82 bits per heavy atom. The van der Waals surface area contributed by atoms with Crippen molar-refractivity contribution >= 4 is 28.7 Å². The molecule has 33 heavy (non-hydrogen) atoms. The fourth-order valence-electron chi connectivity index (χ4n) is 3.17. The molecule has 10 heteroatoms. The van der Waals surface area contributed by atoms with Crippen molar-refractivity contribution < 1.29 is 17.6 Å². The number of nitriles is 1. The van der Waals surface area contributed by atoms with Crippen molar-refractivity contribution in [3.05, 3.63) is 70.5 Å². The zero-order valence-electron chi connectivity index (χ0n) is 17.8. The van der Waals surface area contributed by atoms with Gasteiger partial charge in [-0.05, 0) is 49.2 Å². The second kappa shape index (κ2) is 9.65. The van der Waals surface area contributed by atoms with Crippen molar-refractivity contribution in [3.63, 3.8) is 0 Å². The maximum Gasteiger partial charge on any atom is 0.418 e. The Morgan fingerprint density at radius 3 is 2.42 bits per heavy atom. The van der Waals surface area contributed by atoms with Crippen molar-refractivity contribution in [1.82, 2.24) is 4.98 Å². The van der Waals surface area contributed by atoms with Gasteiger partial charge in [-0.2, -0.15) is 18.4 Å². The highest BCUT2D eigenvalue weighted by atomic mass is 19.4. The van der Waals surface area contributed by atoms with Crippen LogP contribution in [-0.4, -0.2) is 4.98 Å². The van der Waals surface area contributed by atoms with Gasteiger partial charge in [-0.3, -0.25) is 0 Å². The minimum Gasteiger partial charge on any atom is -0.383 e. The summed E-state index contributed by atoms with van der Waals surface area (Å²) in [6.45, 7) is 3.61. The highest BCUT2D eigenvalue weighted by molar-refractivity contribution is 5.76. The SMILES string of the molecule is CCCc1ccc(Nc2nc(N)c(C#N)c(C)c2/N=N/c2ccc(F)cc2C(F)(F)F)cc1. The largest absolute Gasteiger partial charge is 0.418 e. The highest BCUT2D eigenvalue weighted by Crippen LogP contribution is 2.39. The van der Waals surface area contributed by atoms with E-state index in [4.69, 9.17) is 5.73 Å². The molecule has 3 rings (SSSR count). The number of benzene rings is 2. The lowest BCUT2D eigenvalue weighted by Gasteiger charge is -2.13. The highest BCUT2D eigenvalue weighted by Gasteiger charge is 2.34. The number of anilines is 3. The number of nitrogen functional groups attached to an aromatic ring is 1. The first kappa shape index (κ1) is 23.7. The summed E-state index contributed by atoms with van der Waals surface area (Å²) in [6.07, 6.45) is -2.92. The predicted molar refractivity (Wildman–Crippen MR) is 117 cm³/mol. The second-order valence-electron chi connectivity index (χ2n) is 7.24. The monoisotopic (exact) mass is 456 g/mol. The van der Waals surface area contributed by atoms with Gasteiger partial charge in [0, 0.05) is 11.3 Å². The third-order valence-corrected chi connectivity index (χ3v) is 4.83. The number of nitrogens with zero attached hydrogens (tertiary/aromatic N) is 4. The smallest absolute Gasteiger partial charge is 0.383 e. The van der Waals surface area contributed by atoms with E-state index in [1.807, 2.05) is 30.3 Å². The van der Waals surface area contributed by atoms with Crippen molar-refractivity contribution in [2.24, 2.45) is 10.2 Å². The quantitative estimate of drug-likeness (QED) is 0.305. The van der Waals surface area contributed by atoms with Gasteiger partial charge in [0.2, 0.25) is 0 Å². The molecule has 170 valence electrons. The first-order valence-corrected chi connectivity index (χ1v) is 9.98. The van der Waals surface area contributed by atoms with Crippen LogP contribution in [0, 0.1) is 24.1 Å². The topological polar surface area (TPSA) is 99.4 Å². The van der Waals surface area contributed by atoms with Crippen LogP contribution in [0.1, 0.15) is 35.6 Å². The van der Waals surface area contributed by atoms with Gasteiger partial charge in [0.25, 0.3) is 0 Å². The van der Waals surface area contributed by atoms with Gasteiger partial charge in [0.1, 0.15) is 23.4 Å². The predicted octanol–water partition coefficient (Wildman–Crippen LogP) is 7.11. The molecule has 0 atom stereocenters. The van der Waals surface area contributed by atoms with Crippen molar-refractivity contribution in [2.75, 3.05) is 11.1 Å². The Bertz CT molecular complexity index is 1230. The molecule has 0 fully saturated rings. The molecule has 1 aromatic heterocycles. The van der Waals surface area contributed by atoms with Crippen molar-refractivity contribution in [3.8, 4) is 6.07 Å². The lowest BCUT2D eigenvalue weighted by Crippen LogP contribution is -2.05. The van der Waals surface area contributed by atoms with Gasteiger partial charge in [0.05, 0.1) is 16.8 Å². The number of halogens is 4. The number of pyridine rings is 1. The van der Waals surface area contributed by atoms with E-state index in [2.05, 4.69) is 27.5 Å². The molecule has 0 aliphatic carbocycles. The van der Waals surface area contributed by atoms with Gasteiger partial charge < -0.3 is 11.1 Å². The molecule has 1 heterocycles. The normalized spacial score (nSPS) is 11.5. The van der Waals surface area contributed by atoms with E-state index in [1.165, 1.54) is 6.92 Å². The minimum atomic E-state index is -4.83. The lowest BCUT2D eigenvalue weighted by molar-refractivity contribution is -0.137. The fourth-order valence-corrected chi connectivity index (χ4v) is 3.17. The standard InChI is InChI=1S/C23H20F4N6/c1-3-4-14-5-8-16(9-6-14)30-22-20(13(2)17(12-28)21(29)31-22)33-32-19-10-7-15(24)11-18(19)23(25,26)27/h5-11H,3-4H2,1-2H3,(H3,29,30,31)/b33-32+. The maximum atomic E-state index is 13.4. The molecule has 0 aliphatic heterocycles. The van der Waals surface area contributed by atoms with Crippen LogP contribution in [0.25, 0.3) is 0 Å². The fraction of sp³-hybridized carbons (Fsp3) is 0.217. The lowest BCUT2D eigenvalue weighted by atomic mass is 10.1. The molecule has 0 radical (unpaired) electrons. The summed E-state index contributed by atoms with van der Waals surface area (Å²) in [7, 11) is 0. The number of alkyl halides is 3.